The first-order valence-corrected chi connectivity index (χ1v) is 7.71. The highest BCUT2D eigenvalue weighted by molar-refractivity contribution is 5.89. The number of esters is 1. The number of methoxy groups -OCH3 is 1. The minimum atomic E-state index is -0.367. The van der Waals surface area contributed by atoms with Crippen molar-refractivity contribution in [2.75, 3.05) is 7.11 Å². The van der Waals surface area contributed by atoms with Crippen LogP contribution in [0.15, 0.2) is 67.0 Å². The molecular formula is C19H14N4O2. The van der Waals surface area contributed by atoms with Crippen LogP contribution in [0.4, 0.5) is 0 Å². The van der Waals surface area contributed by atoms with Crippen molar-refractivity contribution < 1.29 is 9.53 Å². The van der Waals surface area contributed by atoms with Crippen LogP contribution in [0.3, 0.4) is 0 Å². The van der Waals surface area contributed by atoms with E-state index in [0.29, 0.717) is 17.0 Å². The summed E-state index contributed by atoms with van der Waals surface area (Å²) in [4.78, 5) is 16.0. The molecular weight excluding hydrogens is 316 g/mol. The Hall–Kier alpha value is -3.54. The number of hydrogen-bond acceptors (Lipinski definition) is 5. The fourth-order valence-electron chi connectivity index (χ4n) is 2.63. The van der Waals surface area contributed by atoms with Gasteiger partial charge in [0, 0.05) is 17.3 Å². The lowest BCUT2D eigenvalue weighted by molar-refractivity contribution is 0.0601. The van der Waals surface area contributed by atoms with E-state index in [0.717, 1.165) is 16.8 Å². The van der Waals surface area contributed by atoms with Gasteiger partial charge in [-0.15, -0.1) is 10.2 Å². The smallest absolute Gasteiger partial charge is 0.337 e. The molecule has 0 saturated heterocycles. The Morgan fingerprint density at radius 1 is 0.960 bits per heavy atom. The van der Waals surface area contributed by atoms with Gasteiger partial charge in [-0.2, -0.15) is 0 Å². The largest absolute Gasteiger partial charge is 0.465 e. The van der Waals surface area contributed by atoms with Crippen molar-refractivity contribution in [3.63, 3.8) is 0 Å². The molecule has 0 atom stereocenters. The van der Waals surface area contributed by atoms with Crippen molar-refractivity contribution in [2.45, 2.75) is 0 Å². The minimum Gasteiger partial charge on any atom is -0.465 e. The molecule has 0 unspecified atom stereocenters. The second-order valence-electron chi connectivity index (χ2n) is 5.46. The number of hydrogen-bond donors (Lipinski definition) is 0. The molecule has 6 nitrogen and oxygen atoms in total. The van der Waals surface area contributed by atoms with Gasteiger partial charge in [-0.05, 0) is 12.1 Å². The normalized spacial score (nSPS) is 10.8. The number of benzene rings is 2. The molecule has 122 valence electrons. The van der Waals surface area contributed by atoms with Crippen LogP contribution in [-0.4, -0.2) is 32.7 Å². The van der Waals surface area contributed by atoms with E-state index in [1.165, 1.54) is 7.11 Å². The van der Waals surface area contributed by atoms with E-state index >= 15 is 0 Å². The zero-order valence-electron chi connectivity index (χ0n) is 13.5. The fraction of sp³-hybridized carbons (Fsp3) is 0.0526. The van der Waals surface area contributed by atoms with Crippen LogP contribution in [0, 0.1) is 0 Å². The van der Waals surface area contributed by atoms with Gasteiger partial charge in [0.05, 0.1) is 24.6 Å². The van der Waals surface area contributed by atoms with Crippen LogP contribution < -0.4 is 0 Å². The van der Waals surface area contributed by atoms with Gasteiger partial charge >= 0.3 is 5.97 Å². The van der Waals surface area contributed by atoms with Gasteiger partial charge < -0.3 is 4.74 Å². The molecule has 0 radical (unpaired) electrons. The summed E-state index contributed by atoms with van der Waals surface area (Å²) in [6, 6.07) is 17.0. The fourth-order valence-corrected chi connectivity index (χ4v) is 2.63. The van der Waals surface area contributed by atoms with E-state index in [2.05, 4.69) is 15.2 Å². The van der Waals surface area contributed by atoms with Crippen LogP contribution in [-0.2, 0) is 4.74 Å². The Labute approximate surface area is 143 Å². The summed E-state index contributed by atoms with van der Waals surface area (Å²) in [6.45, 7) is 0. The number of carbonyl (C=O) groups is 1. The van der Waals surface area contributed by atoms with Crippen molar-refractivity contribution in [2.24, 2.45) is 0 Å². The molecule has 0 aliphatic heterocycles. The Kier molecular flexibility index (Phi) is 3.70. The van der Waals surface area contributed by atoms with Gasteiger partial charge in [0.1, 0.15) is 0 Å². The number of carbonyl (C=O) groups excluding carboxylic acids is 1. The van der Waals surface area contributed by atoms with Gasteiger partial charge in [-0.1, -0.05) is 42.5 Å². The highest BCUT2D eigenvalue weighted by atomic mass is 16.5. The first-order valence-electron chi connectivity index (χ1n) is 7.71. The van der Waals surface area contributed by atoms with Crippen LogP contribution in [0.1, 0.15) is 10.4 Å². The van der Waals surface area contributed by atoms with E-state index < -0.39 is 0 Å². The van der Waals surface area contributed by atoms with Crippen LogP contribution in [0.5, 0.6) is 0 Å². The highest BCUT2D eigenvalue weighted by Crippen LogP contribution is 2.22. The molecule has 0 aliphatic rings. The molecule has 0 saturated carbocycles. The van der Waals surface area contributed by atoms with Crippen molar-refractivity contribution >= 4 is 11.6 Å². The maximum atomic E-state index is 11.6. The monoisotopic (exact) mass is 330 g/mol. The maximum absolute atomic E-state index is 11.6. The van der Waals surface area contributed by atoms with Gasteiger partial charge in [0.25, 0.3) is 0 Å². The van der Waals surface area contributed by atoms with Crippen molar-refractivity contribution in [1.29, 1.82) is 0 Å². The lowest BCUT2D eigenvalue weighted by atomic mass is 10.1. The van der Waals surface area contributed by atoms with Gasteiger partial charge in [0.15, 0.2) is 11.5 Å². The molecule has 0 N–H and O–H groups in total. The molecule has 0 aliphatic carbocycles. The minimum absolute atomic E-state index is 0.367. The number of rotatable bonds is 3. The molecule has 0 fully saturated rings. The predicted molar refractivity (Wildman–Crippen MR) is 93.0 cm³/mol. The third-order valence-electron chi connectivity index (χ3n) is 3.93. The first kappa shape index (κ1) is 15.0. The number of nitrogens with zero attached hydrogens (tertiary/aromatic N) is 4. The van der Waals surface area contributed by atoms with E-state index in [1.54, 1.807) is 18.3 Å². The zero-order chi connectivity index (χ0) is 17.2. The SMILES string of the molecule is COC(=O)c1ccc(-c2nnc3cnc(-c4ccccc4)cn23)cc1. The van der Waals surface area contributed by atoms with Gasteiger partial charge in [-0.25, -0.2) is 4.79 Å². The summed E-state index contributed by atoms with van der Waals surface area (Å²) in [5, 5.41) is 8.41. The maximum Gasteiger partial charge on any atom is 0.337 e. The van der Waals surface area contributed by atoms with Crippen LogP contribution in [0.25, 0.3) is 28.3 Å². The molecule has 4 rings (SSSR count). The molecule has 2 aromatic carbocycles. The second-order valence-corrected chi connectivity index (χ2v) is 5.46. The van der Waals surface area contributed by atoms with Crippen LogP contribution in [0.2, 0.25) is 0 Å². The Morgan fingerprint density at radius 2 is 1.72 bits per heavy atom. The van der Waals surface area contributed by atoms with Gasteiger partial charge in [0.2, 0.25) is 0 Å². The molecule has 0 spiro atoms. The third kappa shape index (κ3) is 2.74. The number of ether oxygens (including phenoxy) is 1. The lowest BCUT2D eigenvalue weighted by Gasteiger charge is -2.04. The molecule has 4 aromatic rings. The molecule has 25 heavy (non-hydrogen) atoms. The van der Waals surface area contributed by atoms with E-state index in [-0.39, 0.29) is 5.97 Å². The predicted octanol–water partition coefficient (Wildman–Crippen LogP) is 3.24. The van der Waals surface area contributed by atoms with E-state index in [1.807, 2.05) is 53.1 Å². The van der Waals surface area contributed by atoms with E-state index in [9.17, 15) is 4.79 Å². The molecule has 2 aromatic heterocycles. The highest BCUT2D eigenvalue weighted by Gasteiger charge is 2.11. The molecule has 0 amide bonds. The molecule has 2 heterocycles. The third-order valence-corrected chi connectivity index (χ3v) is 3.93. The first-order chi connectivity index (χ1) is 12.3. The Morgan fingerprint density at radius 3 is 2.44 bits per heavy atom. The summed E-state index contributed by atoms with van der Waals surface area (Å²) in [5.41, 5.74) is 3.86. The Bertz CT molecular complexity index is 1040. The number of aromatic nitrogens is 4. The van der Waals surface area contributed by atoms with Gasteiger partial charge in [-0.3, -0.25) is 9.38 Å². The average Bonchev–Trinajstić information content (AvgIpc) is 3.11. The zero-order valence-corrected chi connectivity index (χ0v) is 13.5. The van der Waals surface area contributed by atoms with Crippen molar-refractivity contribution in [1.82, 2.24) is 19.6 Å². The summed E-state index contributed by atoms with van der Waals surface area (Å²) < 4.78 is 6.61. The quantitative estimate of drug-likeness (QED) is 0.539. The average molecular weight is 330 g/mol. The topological polar surface area (TPSA) is 69.4 Å². The van der Waals surface area contributed by atoms with Crippen LogP contribution >= 0.6 is 0 Å². The van der Waals surface area contributed by atoms with E-state index in [4.69, 9.17) is 4.74 Å². The summed E-state index contributed by atoms with van der Waals surface area (Å²) in [6.07, 6.45) is 3.61. The molecule has 0 bridgehead atoms. The van der Waals surface area contributed by atoms with Crippen molar-refractivity contribution in [3.05, 3.63) is 72.6 Å². The standard InChI is InChI=1S/C19H14N4O2/c1-25-19(24)15-9-7-14(8-10-15)18-22-21-17-11-20-16(12-23(17)18)13-5-3-2-4-6-13/h2-12H,1H3. The van der Waals surface area contributed by atoms with Crippen molar-refractivity contribution in [3.8, 4) is 22.6 Å². The second kappa shape index (κ2) is 6.16. The lowest BCUT2D eigenvalue weighted by Crippen LogP contribution is -2.00. The molecule has 6 heteroatoms. The Balaban J connectivity index is 1.78. The summed E-state index contributed by atoms with van der Waals surface area (Å²) in [7, 11) is 1.36. The summed E-state index contributed by atoms with van der Waals surface area (Å²) >= 11 is 0. The summed E-state index contributed by atoms with van der Waals surface area (Å²) in [5.74, 6) is 0.319. The number of fused-ring (bicyclic) bond motifs is 1.